The first-order valence-electron chi connectivity index (χ1n) is 5.16. The van der Waals surface area contributed by atoms with E-state index in [1.54, 1.807) is 0 Å². The van der Waals surface area contributed by atoms with E-state index in [9.17, 15) is 0 Å². The summed E-state index contributed by atoms with van der Waals surface area (Å²) in [6.45, 7) is 4.55. The molecule has 2 rings (SSSR count). The molecule has 0 aliphatic heterocycles. The van der Waals surface area contributed by atoms with E-state index in [1.165, 1.54) is 11.3 Å². The summed E-state index contributed by atoms with van der Waals surface area (Å²) in [7, 11) is 0. The number of aromatic nitrogens is 1. The smallest absolute Gasteiger partial charge is 0.150 e. The monoisotopic (exact) mass is 290 g/mol. The minimum absolute atomic E-state index is 0.122. The molecule has 0 spiro atoms. The molecule has 92 valence electrons. The fraction of sp³-hybridized carbons (Fsp3) is 0.364. The summed E-state index contributed by atoms with van der Waals surface area (Å²) in [6.07, 6.45) is 0. The van der Waals surface area contributed by atoms with Crippen molar-refractivity contribution in [3.63, 3.8) is 0 Å². The second-order valence-corrected chi connectivity index (χ2v) is 6.10. The number of rotatable bonds is 4. The zero-order valence-electron chi connectivity index (χ0n) is 9.46. The molecule has 2 aromatic rings. The van der Waals surface area contributed by atoms with Gasteiger partial charge in [-0.15, -0.1) is 11.3 Å². The van der Waals surface area contributed by atoms with E-state index in [0.29, 0.717) is 10.9 Å². The molecule has 0 bridgehead atoms. The molecule has 2 heterocycles. The lowest BCUT2D eigenvalue weighted by Crippen LogP contribution is -2.17. The van der Waals surface area contributed by atoms with Crippen LogP contribution in [0.4, 0.5) is 0 Å². The van der Waals surface area contributed by atoms with E-state index in [2.05, 4.69) is 10.5 Å². The van der Waals surface area contributed by atoms with Gasteiger partial charge in [0.2, 0.25) is 0 Å². The molecule has 0 aliphatic carbocycles. The lowest BCUT2D eigenvalue weighted by atomic mass is 10.2. The average molecular weight is 291 g/mol. The first kappa shape index (κ1) is 12.9. The van der Waals surface area contributed by atoms with E-state index >= 15 is 0 Å². The molecule has 1 unspecified atom stereocenters. The van der Waals surface area contributed by atoms with Gasteiger partial charge in [-0.3, -0.25) is 0 Å². The molecule has 3 nitrogen and oxygen atoms in total. The lowest BCUT2D eigenvalue weighted by molar-refractivity contribution is 0.363. The van der Waals surface area contributed by atoms with Crippen LogP contribution in [-0.2, 0) is 6.54 Å². The van der Waals surface area contributed by atoms with Crippen LogP contribution in [0, 0.1) is 6.92 Å². The molecule has 6 heteroatoms. The fourth-order valence-electron chi connectivity index (χ4n) is 1.51. The van der Waals surface area contributed by atoms with Gasteiger partial charge in [-0.2, -0.15) is 0 Å². The molecule has 0 aromatic carbocycles. The Balaban J connectivity index is 1.97. The molecule has 0 saturated carbocycles. The Bertz CT molecular complexity index is 509. The van der Waals surface area contributed by atoms with Gasteiger partial charge >= 0.3 is 0 Å². The number of thiophene rings is 1. The SMILES string of the molecule is Cc1cc(CNC(C)c2cc(Cl)sc2Cl)on1. The van der Waals surface area contributed by atoms with E-state index < -0.39 is 0 Å². The van der Waals surface area contributed by atoms with Gasteiger partial charge in [-0.25, -0.2) is 0 Å². The lowest BCUT2D eigenvalue weighted by Gasteiger charge is -2.11. The standard InChI is InChI=1S/C11H12Cl2N2OS/c1-6-3-8(16-15-6)5-14-7(2)9-4-10(12)17-11(9)13/h3-4,7,14H,5H2,1-2H3. The van der Waals surface area contributed by atoms with E-state index in [-0.39, 0.29) is 6.04 Å². The van der Waals surface area contributed by atoms with Gasteiger partial charge in [0.1, 0.15) is 0 Å². The molecular weight excluding hydrogens is 279 g/mol. The predicted octanol–water partition coefficient (Wildman–Crippen LogP) is 4.20. The Morgan fingerprint density at radius 1 is 1.47 bits per heavy atom. The summed E-state index contributed by atoms with van der Waals surface area (Å²) >= 11 is 13.4. The zero-order valence-corrected chi connectivity index (χ0v) is 11.8. The Kier molecular flexibility index (Phi) is 4.09. The van der Waals surface area contributed by atoms with Crippen molar-refractivity contribution in [3.8, 4) is 0 Å². The highest BCUT2D eigenvalue weighted by atomic mass is 35.5. The van der Waals surface area contributed by atoms with Crippen molar-refractivity contribution in [1.29, 1.82) is 0 Å². The van der Waals surface area contributed by atoms with Crippen molar-refractivity contribution in [2.75, 3.05) is 0 Å². The maximum Gasteiger partial charge on any atom is 0.150 e. The molecule has 1 N–H and O–H groups in total. The van der Waals surface area contributed by atoms with Crippen LogP contribution in [-0.4, -0.2) is 5.16 Å². The van der Waals surface area contributed by atoms with Crippen LogP contribution >= 0.6 is 34.5 Å². The molecule has 0 amide bonds. The topological polar surface area (TPSA) is 38.1 Å². The second kappa shape index (κ2) is 5.40. The van der Waals surface area contributed by atoms with Crippen LogP contribution in [0.3, 0.4) is 0 Å². The summed E-state index contributed by atoms with van der Waals surface area (Å²) in [5, 5.41) is 7.14. The van der Waals surface area contributed by atoms with Gasteiger partial charge in [-0.1, -0.05) is 28.4 Å². The average Bonchev–Trinajstić information content (AvgIpc) is 2.81. The van der Waals surface area contributed by atoms with Gasteiger partial charge in [0.25, 0.3) is 0 Å². The molecule has 0 fully saturated rings. The normalized spacial score (nSPS) is 12.9. The first-order chi connectivity index (χ1) is 8.06. The van der Waals surface area contributed by atoms with Crippen LogP contribution in [0.2, 0.25) is 8.67 Å². The van der Waals surface area contributed by atoms with Crippen molar-refractivity contribution in [3.05, 3.63) is 37.8 Å². The molecule has 2 aromatic heterocycles. The van der Waals surface area contributed by atoms with Crippen molar-refractivity contribution in [1.82, 2.24) is 10.5 Å². The third-order valence-corrected chi connectivity index (χ3v) is 3.93. The minimum atomic E-state index is 0.122. The second-order valence-electron chi connectivity index (χ2n) is 3.82. The van der Waals surface area contributed by atoms with Gasteiger partial charge in [0.15, 0.2) is 5.76 Å². The number of nitrogens with zero attached hydrogens (tertiary/aromatic N) is 1. The van der Waals surface area contributed by atoms with Crippen molar-refractivity contribution in [2.24, 2.45) is 0 Å². The van der Waals surface area contributed by atoms with Gasteiger partial charge in [-0.05, 0) is 25.5 Å². The van der Waals surface area contributed by atoms with Gasteiger partial charge in [0, 0.05) is 12.1 Å². The van der Waals surface area contributed by atoms with Crippen molar-refractivity contribution < 1.29 is 4.52 Å². The summed E-state index contributed by atoms with van der Waals surface area (Å²) < 4.78 is 6.55. The largest absolute Gasteiger partial charge is 0.360 e. The van der Waals surface area contributed by atoms with E-state index in [1.807, 2.05) is 26.0 Å². The highest BCUT2D eigenvalue weighted by Gasteiger charge is 2.13. The maximum atomic E-state index is 6.08. The van der Waals surface area contributed by atoms with E-state index in [4.69, 9.17) is 27.7 Å². The van der Waals surface area contributed by atoms with Crippen molar-refractivity contribution >= 4 is 34.5 Å². The van der Waals surface area contributed by atoms with Crippen LogP contribution < -0.4 is 5.32 Å². The molecule has 1 atom stereocenters. The highest BCUT2D eigenvalue weighted by molar-refractivity contribution is 7.20. The summed E-state index contributed by atoms with van der Waals surface area (Å²) in [6, 6.07) is 3.91. The van der Waals surface area contributed by atoms with E-state index in [0.717, 1.165) is 21.4 Å². The third-order valence-electron chi connectivity index (χ3n) is 2.41. The molecule has 0 radical (unpaired) electrons. The number of nitrogens with one attached hydrogen (secondary N) is 1. The van der Waals surface area contributed by atoms with Gasteiger partial charge in [0.05, 0.1) is 20.9 Å². The number of halogens is 2. The quantitative estimate of drug-likeness (QED) is 0.917. The van der Waals surface area contributed by atoms with Crippen LogP contribution in [0.15, 0.2) is 16.7 Å². The number of hydrogen-bond donors (Lipinski definition) is 1. The Hall–Kier alpha value is -0.550. The van der Waals surface area contributed by atoms with Crippen LogP contribution in [0.5, 0.6) is 0 Å². The Labute approximate surface area is 114 Å². The third kappa shape index (κ3) is 3.22. The fourth-order valence-corrected chi connectivity index (χ4v) is 3.16. The Morgan fingerprint density at radius 2 is 2.24 bits per heavy atom. The minimum Gasteiger partial charge on any atom is -0.360 e. The number of aryl methyl sites for hydroxylation is 1. The molecule has 17 heavy (non-hydrogen) atoms. The summed E-state index contributed by atoms with van der Waals surface area (Å²) in [5.74, 6) is 0.812. The summed E-state index contributed by atoms with van der Waals surface area (Å²) in [5.41, 5.74) is 1.89. The molecular formula is C11H12Cl2N2OS. The summed E-state index contributed by atoms with van der Waals surface area (Å²) in [4.78, 5) is 0. The van der Waals surface area contributed by atoms with Crippen LogP contribution in [0.25, 0.3) is 0 Å². The molecule has 0 aliphatic rings. The maximum absolute atomic E-state index is 6.08. The predicted molar refractivity (Wildman–Crippen MR) is 70.8 cm³/mol. The zero-order chi connectivity index (χ0) is 12.4. The van der Waals surface area contributed by atoms with Crippen LogP contribution in [0.1, 0.15) is 30.0 Å². The van der Waals surface area contributed by atoms with Gasteiger partial charge < -0.3 is 9.84 Å². The molecule has 0 saturated heterocycles. The highest BCUT2D eigenvalue weighted by Crippen LogP contribution is 2.34. The number of hydrogen-bond acceptors (Lipinski definition) is 4. The van der Waals surface area contributed by atoms with Crippen molar-refractivity contribution in [2.45, 2.75) is 26.4 Å². The Morgan fingerprint density at radius 3 is 2.76 bits per heavy atom. The first-order valence-corrected chi connectivity index (χ1v) is 6.74.